The molecule has 0 amide bonds. The maximum absolute atomic E-state index is 12.3. The van der Waals surface area contributed by atoms with Gasteiger partial charge in [0.2, 0.25) is 0 Å². The fourth-order valence-corrected chi connectivity index (χ4v) is 2.77. The monoisotopic (exact) mass is 262 g/mol. The van der Waals surface area contributed by atoms with Gasteiger partial charge in [-0.3, -0.25) is 9.29 Å². The Morgan fingerprint density at radius 1 is 1.17 bits per heavy atom. The summed E-state index contributed by atoms with van der Waals surface area (Å²) < 4.78 is 25.9. The third-order valence-electron chi connectivity index (χ3n) is 2.66. The maximum atomic E-state index is 12.3. The lowest BCUT2D eigenvalue weighted by Crippen LogP contribution is -2.26. The number of nitrogens with zero attached hydrogens (tertiary/aromatic N) is 2. The molecule has 1 aromatic carbocycles. The van der Waals surface area contributed by atoms with Crippen LogP contribution in [0.2, 0.25) is 0 Å². The fraction of sp³-hybridized carbons (Fsp3) is 0.154. The van der Waals surface area contributed by atoms with Crippen LogP contribution in [0.1, 0.15) is 5.56 Å². The summed E-state index contributed by atoms with van der Waals surface area (Å²) in [6.07, 6.45) is 2.90. The van der Waals surface area contributed by atoms with Gasteiger partial charge in [0.1, 0.15) is 4.90 Å². The van der Waals surface area contributed by atoms with Crippen LogP contribution in [0.15, 0.2) is 53.7 Å². The second kappa shape index (κ2) is 4.78. The smallest absolute Gasteiger partial charge is 0.265 e. The van der Waals surface area contributed by atoms with Crippen molar-refractivity contribution in [3.8, 4) is 0 Å². The Balaban J connectivity index is 2.43. The predicted molar refractivity (Wildman–Crippen MR) is 71.0 cm³/mol. The molecule has 0 aliphatic rings. The van der Waals surface area contributed by atoms with Gasteiger partial charge in [0.25, 0.3) is 10.0 Å². The highest BCUT2D eigenvalue weighted by Crippen LogP contribution is 2.21. The van der Waals surface area contributed by atoms with Crippen LogP contribution in [0.3, 0.4) is 0 Å². The molecule has 0 atom stereocenters. The number of hydrogen-bond acceptors (Lipinski definition) is 3. The average Bonchev–Trinajstić information content (AvgIpc) is 2.39. The zero-order valence-corrected chi connectivity index (χ0v) is 11.1. The predicted octanol–water partition coefficient (Wildman–Crippen LogP) is 2.22. The van der Waals surface area contributed by atoms with E-state index >= 15 is 0 Å². The largest absolute Gasteiger partial charge is 0.269 e. The molecule has 0 aliphatic carbocycles. The molecule has 2 rings (SSSR count). The van der Waals surface area contributed by atoms with Crippen LogP contribution < -0.4 is 4.31 Å². The zero-order valence-electron chi connectivity index (χ0n) is 10.2. The van der Waals surface area contributed by atoms with Crippen LogP contribution in [0.25, 0.3) is 0 Å². The van der Waals surface area contributed by atoms with Gasteiger partial charge in [0.15, 0.2) is 0 Å². The average molecular weight is 262 g/mol. The molecule has 0 unspecified atom stereocenters. The Morgan fingerprint density at radius 3 is 2.56 bits per heavy atom. The van der Waals surface area contributed by atoms with Crippen molar-refractivity contribution >= 4 is 15.7 Å². The lowest BCUT2D eigenvalue weighted by atomic mass is 10.2. The molecular formula is C13H14N2O2S. The number of rotatable bonds is 3. The van der Waals surface area contributed by atoms with Crippen molar-refractivity contribution in [1.29, 1.82) is 0 Å². The summed E-state index contributed by atoms with van der Waals surface area (Å²) in [6.45, 7) is 1.92. The van der Waals surface area contributed by atoms with Crippen LogP contribution in [0.4, 0.5) is 5.69 Å². The fourth-order valence-electron chi connectivity index (χ4n) is 1.62. The Kier molecular flexibility index (Phi) is 3.34. The first-order chi connectivity index (χ1) is 8.51. The number of benzene rings is 1. The van der Waals surface area contributed by atoms with Crippen molar-refractivity contribution in [2.45, 2.75) is 11.8 Å². The highest BCUT2D eigenvalue weighted by Gasteiger charge is 2.21. The van der Waals surface area contributed by atoms with E-state index in [-0.39, 0.29) is 4.90 Å². The number of aromatic nitrogens is 1. The summed E-state index contributed by atoms with van der Waals surface area (Å²) >= 11 is 0. The minimum atomic E-state index is -3.54. The molecule has 0 spiro atoms. The van der Waals surface area contributed by atoms with E-state index in [4.69, 9.17) is 0 Å². The maximum Gasteiger partial charge on any atom is 0.265 e. The molecule has 0 radical (unpaired) electrons. The van der Waals surface area contributed by atoms with Crippen LogP contribution in [-0.4, -0.2) is 20.4 Å². The number of pyridine rings is 1. The van der Waals surface area contributed by atoms with Crippen LogP contribution >= 0.6 is 0 Å². The first-order valence-corrected chi connectivity index (χ1v) is 6.91. The van der Waals surface area contributed by atoms with Gasteiger partial charge in [-0.2, -0.15) is 0 Å². The van der Waals surface area contributed by atoms with E-state index in [9.17, 15) is 8.42 Å². The quantitative estimate of drug-likeness (QED) is 0.852. The van der Waals surface area contributed by atoms with Gasteiger partial charge in [-0.15, -0.1) is 0 Å². The number of sulfonamides is 1. The second-order valence-electron chi connectivity index (χ2n) is 4.00. The van der Waals surface area contributed by atoms with Crippen molar-refractivity contribution in [1.82, 2.24) is 4.98 Å². The SMILES string of the molecule is Cc1cccc(N(C)S(=O)(=O)c2cccnc2)c1. The van der Waals surface area contributed by atoms with Gasteiger partial charge >= 0.3 is 0 Å². The third-order valence-corrected chi connectivity index (χ3v) is 4.43. The number of aryl methyl sites for hydroxylation is 1. The van der Waals surface area contributed by atoms with Gasteiger partial charge in [0, 0.05) is 19.4 Å². The normalized spacial score (nSPS) is 11.2. The molecule has 0 saturated carbocycles. The van der Waals surface area contributed by atoms with Gasteiger partial charge in [-0.1, -0.05) is 12.1 Å². The molecule has 1 aromatic heterocycles. The molecule has 5 heteroatoms. The third kappa shape index (κ3) is 2.36. The van der Waals surface area contributed by atoms with Gasteiger partial charge in [0.05, 0.1) is 5.69 Å². The summed E-state index contributed by atoms with van der Waals surface area (Å²) in [5.74, 6) is 0. The van der Waals surface area contributed by atoms with E-state index < -0.39 is 10.0 Å². The number of hydrogen-bond donors (Lipinski definition) is 0. The van der Waals surface area contributed by atoms with Crippen molar-refractivity contribution in [2.75, 3.05) is 11.4 Å². The Morgan fingerprint density at radius 2 is 1.94 bits per heavy atom. The lowest BCUT2D eigenvalue weighted by molar-refractivity contribution is 0.594. The van der Waals surface area contributed by atoms with Gasteiger partial charge in [-0.25, -0.2) is 8.42 Å². The van der Waals surface area contributed by atoms with Crippen LogP contribution in [-0.2, 0) is 10.0 Å². The molecule has 0 bridgehead atoms. The Labute approximate surface area is 107 Å². The summed E-state index contributed by atoms with van der Waals surface area (Å²) in [4.78, 5) is 4.03. The number of anilines is 1. The van der Waals surface area contributed by atoms with E-state index in [1.807, 2.05) is 25.1 Å². The van der Waals surface area contributed by atoms with E-state index in [0.29, 0.717) is 5.69 Å². The van der Waals surface area contributed by atoms with Crippen molar-refractivity contribution < 1.29 is 8.42 Å². The minimum absolute atomic E-state index is 0.189. The first-order valence-electron chi connectivity index (χ1n) is 5.47. The topological polar surface area (TPSA) is 50.3 Å². The van der Waals surface area contributed by atoms with E-state index in [0.717, 1.165) is 5.56 Å². The summed E-state index contributed by atoms with van der Waals surface area (Å²) in [6, 6.07) is 10.5. The summed E-state index contributed by atoms with van der Waals surface area (Å²) in [5.41, 5.74) is 1.65. The highest BCUT2D eigenvalue weighted by atomic mass is 32.2. The molecule has 0 N–H and O–H groups in total. The van der Waals surface area contributed by atoms with E-state index in [1.54, 1.807) is 18.3 Å². The molecule has 0 saturated heterocycles. The zero-order chi connectivity index (χ0) is 13.2. The molecule has 94 valence electrons. The van der Waals surface area contributed by atoms with Crippen molar-refractivity contribution in [2.24, 2.45) is 0 Å². The highest BCUT2D eigenvalue weighted by molar-refractivity contribution is 7.92. The molecule has 4 nitrogen and oxygen atoms in total. The van der Waals surface area contributed by atoms with E-state index in [2.05, 4.69) is 4.98 Å². The van der Waals surface area contributed by atoms with E-state index in [1.165, 1.54) is 23.6 Å². The van der Waals surface area contributed by atoms with Crippen molar-refractivity contribution in [3.05, 3.63) is 54.4 Å². The van der Waals surface area contributed by atoms with Crippen LogP contribution in [0.5, 0.6) is 0 Å². The summed E-state index contributed by atoms with van der Waals surface area (Å²) in [5, 5.41) is 0. The molecule has 18 heavy (non-hydrogen) atoms. The Hall–Kier alpha value is -1.88. The molecular weight excluding hydrogens is 248 g/mol. The molecule has 0 aliphatic heterocycles. The lowest BCUT2D eigenvalue weighted by Gasteiger charge is -2.19. The molecule has 2 aromatic rings. The van der Waals surface area contributed by atoms with Crippen LogP contribution in [0, 0.1) is 6.92 Å². The van der Waals surface area contributed by atoms with Gasteiger partial charge in [-0.05, 0) is 36.8 Å². The van der Waals surface area contributed by atoms with Gasteiger partial charge < -0.3 is 0 Å². The minimum Gasteiger partial charge on any atom is -0.269 e. The second-order valence-corrected chi connectivity index (χ2v) is 5.97. The summed E-state index contributed by atoms with van der Waals surface area (Å²) in [7, 11) is -2.00. The molecule has 0 fully saturated rings. The van der Waals surface area contributed by atoms with Crippen molar-refractivity contribution in [3.63, 3.8) is 0 Å². The Bertz CT molecular complexity index is 639. The first kappa shape index (κ1) is 12.6. The molecule has 1 heterocycles. The standard InChI is InChI=1S/C13H14N2O2S/c1-11-5-3-6-12(9-11)15(2)18(16,17)13-7-4-8-14-10-13/h3-10H,1-2H3.